The van der Waals surface area contributed by atoms with Crippen molar-refractivity contribution in [3.8, 4) is 0 Å². The monoisotopic (exact) mass is 1640 g/mol. The molecule has 32 heteroatoms. The van der Waals surface area contributed by atoms with E-state index in [0.29, 0.717) is 25.7 Å². The van der Waals surface area contributed by atoms with E-state index in [1.54, 1.807) is 34.6 Å². The number of ketones is 6. The molecular formula is C84H151N15O17. The molecular weight excluding hydrogens is 1490 g/mol. The first-order valence-corrected chi connectivity index (χ1v) is 42.8. The second kappa shape index (κ2) is 60.2. The lowest BCUT2D eigenvalue weighted by Crippen LogP contribution is -2.51. The van der Waals surface area contributed by atoms with Gasteiger partial charge in [0.05, 0.1) is 54.7 Å². The largest absolute Gasteiger partial charge is 0.481 e. The Balaban J connectivity index is 6.74. The molecule has 0 aliphatic rings. The summed E-state index contributed by atoms with van der Waals surface area (Å²) >= 11 is 0. The maximum atomic E-state index is 14.7. The van der Waals surface area contributed by atoms with Crippen molar-refractivity contribution in [2.24, 2.45) is 115 Å². The summed E-state index contributed by atoms with van der Waals surface area (Å²) in [5.41, 5.74) is 39.2. The van der Waals surface area contributed by atoms with Gasteiger partial charge in [0.2, 0.25) is 47.3 Å². The SMILES string of the molecule is CCCCCCCCCCCCCCCC(=O)N[C@@H](CC(N)=O)C(=O)C[C@H](C(=O)N[C@H](C(=O)C[C@@H](CCCN=C(N)N)C(=O)N[C@H](C(=O)C[C@@H](CC(C)C)C(=O)N[C@@H](C)C(=O)C[C@H](C(=O)N[C@@H](CCCCN)C(=O)C[C@@H](CC(C)C)C(=O)N[C@@H](CCCN=C(N)N)C(=O)C[C@@H](CCC(=O)O)C(N)=O)[C@@H](C)O)C(C)C)C(C)C)[C@@H](C)CC. The van der Waals surface area contributed by atoms with Gasteiger partial charge in [-0.05, 0) is 121 Å². The third kappa shape index (κ3) is 47.2. The summed E-state index contributed by atoms with van der Waals surface area (Å²) in [4.78, 5) is 215. The number of hydrogen-bond acceptors (Lipinski definition) is 19. The van der Waals surface area contributed by atoms with E-state index in [2.05, 4.69) is 48.8 Å². The van der Waals surface area contributed by atoms with E-state index in [4.69, 9.17) is 40.1 Å². The number of aliphatic hydroxyl groups is 1. The predicted octanol–water partition coefficient (Wildman–Crippen LogP) is 6.14. The predicted molar refractivity (Wildman–Crippen MR) is 449 cm³/mol. The van der Waals surface area contributed by atoms with Gasteiger partial charge in [0.15, 0.2) is 46.6 Å². The summed E-state index contributed by atoms with van der Waals surface area (Å²) in [5, 5.41) is 36.9. The Hall–Kier alpha value is -8.29. The minimum atomic E-state index is -1.48. The number of rotatable bonds is 70. The average Bonchev–Trinajstić information content (AvgIpc) is 0.840. The Morgan fingerprint density at radius 1 is 0.371 bits per heavy atom. The first-order chi connectivity index (χ1) is 54.5. The van der Waals surface area contributed by atoms with E-state index in [-0.39, 0.29) is 108 Å². The minimum Gasteiger partial charge on any atom is -0.481 e. The zero-order valence-corrected chi connectivity index (χ0v) is 72.3. The van der Waals surface area contributed by atoms with Crippen LogP contribution < -0.4 is 72.0 Å². The first-order valence-electron chi connectivity index (χ1n) is 42.8. The van der Waals surface area contributed by atoms with Gasteiger partial charge in [-0.1, -0.05) is 160 Å². The molecule has 0 unspecified atom stereocenters. The Bertz CT molecular complexity index is 3130. The van der Waals surface area contributed by atoms with Crippen molar-refractivity contribution in [1.82, 2.24) is 31.9 Å². The Labute approximate surface area is 690 Å². The first kappa shape index (κ1) is 108. The van der Waals surface area contributed by atoms with Crippen molar-refractivity contribution in [2.45, 2.75) is 344 Å². The van der Waals surface area contributed by atoms with E-state index in [1.165, 1.54) is 65.2 Å². The number of aliphatic hydroxyl groups excluding tert-OH is 1. The van der Waals surface area contributed by atoms with Crippen molar-refractivity contribution in [3.05, 3.63) is 0 Å². The van der Waals surface area contributed by atoms with E-state index in [9.17, 15) is 82.1 Å². The van der Waals surface area contributed by atoms with Crippen LogP contribution >= 0.6 is 0 Å². The van der Waals surface area contributed by atoms with Crippen molar-refractivity contribution in [2.75, 3.05) is 19.6 Å². The number of primary amides is 2. The molecule has 0 aliphatic heterocycles. The third-order valence-corrected chi connectivity index (χ3v) is 21.4. The Morgan fingerprint density at radius 2 is 0.776 bits per heavy atom. The van der Waals surface area contributed by atoms with E-state index in [1.807, 2.05) is 34.6 Å². The van der Waals surface area contributed by atoms with Gasteiger partial charge in [-0.25, -0.2) is 0 Å². The van der Waals surface area contributed by atoms with E-state index in [0.717, 1.165) is 25.7 Å². The molecule has 0 spiro atoms. The molecule has 0 aromatic carbocycles. The second-order valence-electron chi connectivity index (χ2n) is 33.5. The van der Waals surface area contributed by atoms with Crippen LogP contribution in [-0.4, -0.2) is 172 Å². The molecule has 664 valence electrons. The molecule has 0 aliphatic carbocycles. The van der Waals surface area contributed by atoms with Crippen molar-refractivity contribution >= 4 is 99.8 Å². The van der Waals surface area contributed by atoms with Crippen LogP contribution in [0, 0.1) is 65.1 Å². The van der Waals surface area contributed by atoms with Crippen LogP contribution in [0.15, 0.2) is 9.98 Å². The van der Waals surface area contributed by atoms with Crippen LogP contribution in [0.1, 0.15) is 302 Å². The maximum absolute atomic E-state index is 14.7. The second-order valence-corrected chi connectivity index (χ2v) is 33.5. The summed E-state index contributed by atoms with van der Waals surface area (Å²) in [6.45, 7) is 22.9. The fraction of sp³-hybridized carbons (Fsp3) is 0.798. The maximum Gasteiger partial charge on any atom is 0.303 e. The fourth-order valence-corrected chi connectivity index (χ4v) is 14.2. The highest BCUT2D eigenvalue weighted by atomic mass is 16.4. The number of nitrogens with zero attached hydrogens (tertiary/aromatic N) is 2. The molecule has 0 aromatic rings. The van der Waals surface area contributed by atoms with Crippen LogP contribution in [0.5, 0.6) is 0 Å². The summed E-state index contributed by atoms with van der Waals surface area (Å²) in [7, 11) is 0. The number of carboxylic acid groups (broad SMARTS) is 1. The number of nitrogens with one attached hydrogen (secondary N) is 6. The van der Waals surface area contributed by atoms with Gasteiger partial charge in [0, 0.05) is 94.0 Å². The van der Waals surface area contributed by atoms with Crippen molar-refractivity contribution in [3.63, 3.8) is 0 Å². The van der Waals surface area contributed by atoms with Gasteiger partial charge in [-0.15, -0.1) is 0 Å². The summed E-state index contributed by atoms with van der Waals surface area (Å²) in [6.07, 6.45) is 11.3. The quantitative estimate of drug-likeness (QED) is 0.0185. The van der Waals surface area contributed by atoms with Crippen LogP contribution in [0.2, 0.25) is 0 Å². The summed E-state index contributed by atoms with van der Waals surface area (Å²) < 4.78 is 0. The molecule has 22 N–H and O–H groups in total. The minimum absolute atomic E-state index is 0.0105. The molecule has 14 atom stereocenters. The number of carbonyl (C=O) groups is 15. The van der Waals surface area contributed by atoms with Gasteiger partial charge in [-0.3, -0.25) is 81.9 Å². The number of hydrogen-bond donors (Lipinski definition) is 15. The molecule has 32 nitrogen and oxygen atoms in total. The lowest BCUT2D eigenvalue weighted by Gasteiger charge is -2.29. The Morgan fingerprint density at radius 3 is 1.22 bits per heavy atom. The molecule has 0 radical (unpaired) electrons. The molecule has 116 heavy (non-hydrogen) atoms. The molecule has 0 fully saturated rings. The number of amides is 8. The van der Waals surface area contributed by atoms with Crippen LogP contribution in [0.25, 0.3) is 0 Å². The Kier molecular flexibility index (Phi) is 55.9. The summed E-state index contributed by atoms with van der Waals surface area (Å²) in [6, 6.07) is -7.45. The standard InChI is InChI=1S/C84H151N15O17/c1-14-16-17-18-19-20-21-22-23-24-25-26-27-35-73(108)95-65(49-72(86)107)69(104)47-61(54(11)15-2)81(115)99-76(53(9)10)70(105)44-58(32-30-39-92-83(88)89)78(112)98-75(52(7)8)71(106)46-60(42-51(5)6)79(113)94-55(12)66(101)48-62(56(13)100)82(116)97-63(33-28-29-38-85)68(103)45-59(41-50(3)4)80(114)96-64(34-31-40-93-84(90)91)67(102)43-57(77(87)111)36-37-74(109)110/h50-65,75-76,100H,14-49,85H2,1-13H3,(H2,86,107)(H2,87,111)(H,94,113)(H,95,108)(H,96,114)(H,97,116)(H,98,112)(H,99,115)(H,109,110)(H4,88,89,92)(H4,90,91,93)/t54-,55-,56+,57+,58+,59+,60+,61-,62-,63-,64-,65-,75-,76-/m0/s1. The van der Waals surface area contributed by atoms with Gasteiger partial charge >= 0.3 is 5.97 Å². The van der Waals surface area contributed by atoms with Crippen LogP contribution in [0.3, 0.4) is 0 Å². The van der Waals surface area contributed by atoms with Gasteiger partial charge in [0.25, 0.3) is 0 Å². The summed E-state index contributed by atoms with van der Waals surface area (Å²) in [5.74, 6) is -19.7. The number of aliphatic imine (C=N–C) groups is 2. The van der Waals surface area contributed by atoms with Crippen LogP contribution in [0.4, 0.5) is 0 Å². The normalized spacial score (nSPS) is 15.1. The van der Waals surface area contributed by atoms with E-state index < -0.39 is 228 Å². The van der Waals surface area contributed by atoms with Crippen molar-refractivity contribution < 1.29 is 82.1 Å². The fourth-order valence-electron chi connectivity index (χ4n) is 14.2. The lowest BCUT2D eigenvalue weighted by molar-refractivity contribution is -0.138. The zero-order chi connectivity index (χ0) is 88.3. The molecule has 0 rings (SSSR count). The number of unbranched alkanes of at least 4 members (excludes halogenated alkanes) is 13. The number of carboxylic acids is 1. The number of aliphatic carboxylic acids is 1. The van der Waals surface area contributed by atoms with Crippen molar-refractivity contribution in [1.29, 1.82) is 0 Å². The van der Waals surface area contributed by atoms with Gasteiger partial charge in [-0.2, -0.15) is 0 Å². The molecule has 0 heterocycles. The number of Topliss-reactive ketones (excluding diaryl/α,β-unsaturated/α-hetero) is 6. The highest BCUT2D eigenvalue weighted by molar-refractivity contribution is 6.00. The van der Waals surface area contributed by atoms with Crippen LogP contribution in [-0.2, 0) is 71.9 Å². The molecule has 0 saturated heterocycles. The average molecular weight is 1640 g/mol. The third-order valence-electron chi connectivity index (χ3n) is 21.4. The molecule has 0 saturated carbocycles. The number of guanidine groups is 2. The lowest BCUT2D eigenvalue weighted by atomic mass is 9.83. The molecule has 0 aromatic heterocycles. The highest BCUT2D eigenvalue weighted by Crippen LogP contribution is 2.28. The number of nitrogens with two attached hydrogens (primary N) is 7. The van der Waals surface area contributed by atoms with E-state index >= 15 is 0 Å². The topological polar surface area (TPSA) is 576 Å². The highest BCUT2D eigenvalue weighted by Gasteiger charge is 2.40. The van der Waals surface area contributed by atoms with Gasteiger partial charge in [0.1, 0.15) is 0 Å². The molecule has 0 bridgehead atoms. The smallest absolute Gasteiger partial charge is 0.303 e. The molecule has 8 amide bonds. The van der Waals surface area contributed by atoms with Gasteiger partial charge < -0.3 is 82.2 Å². The zero-order valence-electron chi connectivity index (χ0n) is 72.3. The number of carbonyl (C=O) groups excluding carboxylic acids is 14.